The molecule has 0 aliphatic rings. The fourth-order valence-corrected chi connectivity index (χ4v) is 11.9. The second-order valence-electron chi connectivity index (χ2n) is 18.5. The first-order valence-electron chi connectivity index (χ1n) is 24.8. The van der Waals surface area contributed by atoms with Gasteiger partial charge in [-0.15, -0.1) is 11.3 Å². The maximum atomic E-state index is 7.10. The van der Waals surface area contributed by atoms with Gasteiger partial charge in [0, 0.05) is 64.9 Å². The summed E-state index contributed by atoms with van der Waals surface area (Å²) in [7, 11) is 0. The Morgan fingerprint density at radius 3 is 1.68 bits per heavy atom. The van der Waals surface area contributed by atoms with E-state index in [1.54, 1.807) is 0 Å². The van der Waals surface area contributed by atoms with Gasteiger partial charge in [0.1, 0.15) is 11.2 Å². The average Bonchev–Trinajstić information content (AvgIpc) is 4.04. The smallest absolute Gasteiger partial charge is 0.143 e. The molecule has 2 heterocycles. The fourth-order valence-electron chi connectivity index (χ4n) is 10.7. The van der Waals surface area contributed by atoms with Crippen LogP contribution in [0.3, 0.4) is 0 Å². The molecule has 346 valence electrons. The summed E-state index contributed by atoms with van der Waals surface area (Å²) in [6.07, 6.45) is 0. The van der Waals surface area contributed by atoms with Gasteiger partial charge in [-0.25, -0.2) is 0 Å². The zero-order valence-electron chi connectivity index (χ0n) is 40.2. The Kier molecular flexibility index (Phi) is 11.1. The fraction of sp³-hybridized carbons (Fsp3) is 0.0145. The third-order valence-electron chi connectivity index (χ3n) is 14.2. The number of nitrogens with zero attached hydrogens (tertiary/aromatic N) is 2. The molecule has 3 nitrogen and oxygen atoms in total. The first-order chi connectivity index (χ1) is 36.1. The van der Waals surface area contributed by atoms with Gasteiger partial charge in [0.2, 0.25) is 0 Å². The van der Waals surface area contributed by atoms with Crippen LogP contribution < -0.4 is 9.80 Å². The predicted octanol–water partition coefficient (Wildman–Crippen LogP) is 20.3. The summed E-state index contributed by atoms with van der Waals surface area (Å²) in [6.45, 7) is 6.94. The van der Waals surface area contributed by atoms with Crippen LogP contribution in [0.1, 0.15) is 16.7 Å². The number of aryl methyl sites for hydroxylation is 1. The molecule has 0 fully saturated rings. The van der Waals surface area contributed by atoms with Gasteiger partial charge < -0.3 is 14.2 Å². The van der Waals surface area contributed by atoms with E-state index >= 15 is 0 Å². The lowest BCUT2D eigenvalue weighted by atomic mass is 9.86. The highest BCUT2D eigenvalue weighted by Gasteiger charge is 2.26. The van der Waals surface area contributed by atoms with Crippen molar-refractivity contribution in [3.05, 3.63) is 284 Å². The lowest BCUT2D eigenvalue weighted by Gasteiger charge is -2.31. The molecule has 2 aromatic heterocycles. The highest BCUT2D eigenvalue weighted by molar-refractivity contribution is 7.26. The lowest BCUT2D eigenvalue weighted by Crippen LogP contribution is -2.14. The Morgan fingerprint density at radius 1 is 0.397 bits per heavy atom. The average molecular weight is 953 g/mol. The van der Waals surface area contributed by atoms with Crippen molar-refractivity contribution in [3.8, 4) is 33.4 Å². The highest BCUT2D eigenvalue weighted by Crippen LogP contribution is 2.50. The maximum absolute atomic E-state index is 7.10. The van der Waals surface area contributed by atoms with Crippen molar-refractivity contribution in [2.45, 2.75) is 6.92 Å². The van der Waals surface area contributed by atoms with Crippen LogP contribution in [0.2, 0.25) is 0 Å². The van der Waals surface area contributed by atoms with Gasteiger partial charge in [0.05, 0.1) is 5.69 Å². The zero-order chi connectivity index (χ0) is 48.8. The second-order valence-corrected chi connectivity index (χ2v) is 19.6. The number of fused-ring (bicyclic) bond motifs is 6. The molecule has 73 heavy (non-hydrogen) atoms. The minimum absolute atomic E-state index is 0.848. The summed E-state index contributed by atoms with van der Waals surface area (Å²) in [4.78, 5) is 4.83. The molecule has 0 aliphatic carbocycles. The molecule has 0 N–H and O–H groups in total. The van der Waals surface area contributed by atoms with Crippen LogP contribution in [0.15, 0.2) is 272 Å². The number of benzene rings is 11. The van der Waals surface area contributed by atoms with Gasteiger partial charge >= 0.3 is 0 Å². The Hall–Kier alpha value is -9.22. The third-order valence-corrected chi connectivity index (χ3v) is 15.3. The van der Waals surface area contributed by atoms with E-state index < -0.39 is 0 Å². The van der Waals surface area contributed by atoms with Gasteiger partial charge in [-0.1, -0.05) is 183 Å². The van der Waals surface area contributed by atoms with Crippen molar-refractivity contribution < 1.29 is 4.42 Å². The Morgan fingerprint density at radius 2 is 0.959 bits per heavy atom. The van der Waals surface area contributed by atoms with E-state index in [0.29, 0.717) is 0 Å². The molecule has 0 radical (unpaired) electrons. The van der Waals surface area contributed by atoms with Gasteiger partial charge in [0.15, 0.2) is 0 Å². The molecule has 0 saturated carbocycles. The van der Waals surface area contributed by atoms with Crippen LogP contribution in [-0.4, -0.2) is 0 Å². The number of hydrogen-bond donors (Lipinski definition) is 0. The molecule has 0 bridgehead atoms. The molecule has 0 amide bonds. The molecule has 13 rings (SSSR count). The maximum Gasteiger partial charge on any atom is 0.143 e. The number of hydrogen-bond acceptors (Lipinski definition) is 4. The van der Waals surface area contributed by atoms with Gasteiger partial charge in [-0.2, -0.15) is 0 Å². The van der Waals surface area contributed by atoms with Crippen molar-refractivity contribution in [3.63, 3.8) is 0 Å². The van der Waals surface area contributed by atoms with Crippen LogP contribution in [0.25, 0.3) is 81.1 Å². The van der Waals surface area contributed by atoms with E-state index in [9.17, 15) is 0 Å². The van der Waals surface area contributed by atoms with E-state index in [1.165, 1.54) is 25.7 Å². The summed E-state index contributed by atoms with van der Waals surface area (Å²) >= 11 is 1.84. The van der Waals surface area contributed by atoms with Crippen LogP contribution in [0, 0.1) is 6.92 Å². The quantitative estimate of drug-likeness (QED) is 0.129. The number of para-hydroxylation sites is 3. The highest BCUT2D eigenvalue weighted by atomic mass is 32.1. The molecule has 4 heteroatoms. The standard InChI is InChI=1S/C69H48N2OS/c1-46(48-22-7-3-8-23-48)57-30-15-16-31-58(57)61-45-62(69-67(47(61)2)59-32-17-19-35-64(59)72-69)51-42-55(70(52-26-11-5-12-27-52)53-28-13-6-14-29-53)44-56(43-51)71(54-40-38-50(39-41-54)49-24-9-4-10-25-49)63-34-21-37-66-68(63)60-33-18-20-36-65(60)73-66/h3-45H,1H2,2H3. The van der Waals surface area contributed by atoms with Gasteiger partial charge in [-0.05, 0) is 142 Å². The Balaban J connectivity index is 1.13. The summed E-state index contributed by atoms with van der Waals surface area (Å²) in [5.41, 5.74) is 18.8. The number of thiophene rings is 1. The van der Waals surface area contributed by atoms with Gasteiger partial charge in [-0.3, -0.25) is 0 Å². The predicted molar refractivity (Wildman–Crippen MR) is 312 cm³/mol. The third kappa shape index (κ3) is 7.86. The second kappa shape index (κ2) is 18.5. The van der Waals surface area contributed by atoms with Crippen LogP contribution in [0.4, 0.5) is 34.1 Å². The van der Waals surface area contributed by atoms with Crippen molar-refractivity contribution in [1.82, 2.24) is 0 Å². The van der Waals surface area contributed by atoms with Crippen molar-refractivity contribution >= 4 is 93.1 Å². The molecule has 0 aliphatic heterocycles. The van der Waals surface area contributed by atoms with Gasteiger partial charge in [0.25, 0.3) is 0 Å². The molecule has 13 aromatic rings. The number of furan rings is 1. The minimum atomic E-state index is 0.848. The summed E-state index contributed by atoms with van der Waals surface area (Å²) in [5.74, 6) is 0. The van der Waals surface area contributed by atoms with Crippen molar-refractivity contribution in [2.24, 2.45) is 0 Å². The summed E-state index contributed by atoms with van der Waals surface area (Å²) in [5, 5.41) is 4.64. The van der Waals surface area contributed by atoms with Crippen molar-refractivity contribution in [2.75, 3.05) is 9.80 Å². The first-order valence-corrected chi connectivity index (χ1v) is 25.6. The summed E-state index contributed by atoms with van der Waals surface area (Å²) < 4.78 is 9.60. The lowest BCUT2D eigenvalue weighted by molar-refractivity contribution is 0.670. The van der Waals surface area contributed by atoms with E-state index in [2.05, 4.69) is 278 Å². The number of anilines is 6. The van der Waals surface area contributed by atoms with Crippen LogP contribution in [-0.2, 0) is 0 Å². The van der Waals surface area contributed by atoms with Crippen LogP contribution >= 0.6 is 11.3 Å². The van der Waals surface area contributed by atoms with E-state index in [4.69, 9.17) is 11.0 Å². The summed E-state index contributed by atoms with van der Waals surface area (Å²) in [6, 6.07) is 93.6. The Labute approximate surface area is 429 Å². The largest absolute Gasteiger partial charge is 0.455 e. The van der Waals surface area contributed by atoms with E-state index in [-0.39, 0.29) is 0 Å². The topological polar surface area (TPSA) is 19.6 Å². The van der Waals surface area contributed by atoms with E-state index in [1.807, 2.05) is 11.3 Å². The molecule has 11 aromatic carbocycles. The van der Waals surface area contributed by atoms with Crippen molar-refractivity contribution in [1.29, 1.82) is 0 Å². The monoisotopic (exact) mass is 952 g/mol. The molecular formula is C69H48N2OS. The Bertz CT molecular complexity index is 4120. The first kappa shape index (κ1) is 43.8. The van der Waals surface area contributed by atoms with E-state index in [0.717, 1.165) is 106 Å². The molecule has 0 unspecified atom stereocenters. The molecule has 0 spiro atoms. The van der Waals surface area contributed by atoms with Crippen LogP contribution in [0.5, 0.6) is 0 Å². The SMILES string of the molecule is C=C(c1ccccc1)c1ccccc1-c1cc(-c2cc(N(c3ccccc3)c3ccccc3)cc(N(c3ccc(-c4ccccc4)cc3)c3cccc4sc5ccccc5c34)c2)c2oc3ccccc3c2c1C. The molecule has 0 atom stereocenters. The molecular weight excluding hydrogens is 905 g/mol. The molecule has 0 saturated heterocycles. The zero-order valence-corrected chi connectivity index (χ0v) is 41.1. The number of rotatable bonds is 11. The normalized spacial score (nSPS) is 11.4. The minimum Gasteiger partial charge on any atom is -0.455 e.